The quantitative estimate of drug-likeness (QED) is 0.198. The fourth-order valence-corrected chi connectivity index (χ4v) is 2.84. The van der Waals surface area contributed by atoms with Crippen molar-refractivity contribution in [2.75, 3.05) is 38.7 Å². The van der Waals surface area contributed by atoms with Crippen molar-refractivity contribution in [2.45, 2.75) is 12.8 Å². The van der Waals surface area contributed by atoms with E-state index in [1.807, 2.05) is 0 Å². The van der Waals surface area contributed by atoms with Crippen LogP contribution in [-0.4, -0.2) is 61.4 Å². The number of guanidine groups is 1. The van der Waals surface area contributed by atoms with E-state index in [4.69, 9.17) is 0 Å². The number of nitrogens with zero attached hydrogens (tertiary/aromatic N) is 2. The molecular formula is C17H25IN4O2S. The van der Waals surface area contributed by atoms with Gasteiger partial charge in [-0.3, -0.25) is 19.5 Å². The highest BCUT2D eigenvalue weighted by Crippen LogP contribution is 2.22. The third kappa shape index (κ3) is 5.88. The molecule has 2 N–H and O–H groups in total. The van der Waals surface area contributed by atoms with Crippen molar-refractivity contribution in [1.29, 1.82) is 0 Å². The molecular weight excluding hydrogens is 451 g/mol. The number of hydrogen-bond acceptors (Lipinski definition) is 4. The van der Waals surface area contributed by atoms with Gasteiger partial charge in [0, 0.05) is 32.4 Å². The van der Waals surface area contributed by atoms with Gasteiger partial charge in [-0.25, -0.2) is 0 Å². The fraction of sp³-hybridized carbons (Fsp3) is 0.471. The molecule has 0 unspecified atom stereocenters. The molecule has 6 nitrogen and oxygen atoms in total. The van der Waals surface area contributed by atoms with Gasteiger partial charge in [0.2, 0.25) is 0 Å². The number of halogens is 1. The van der Waals surface area contributed by atoms with Crippen molar-refractivity contribution in [1.82, 2.24) is 15.5 Å². The lowest BCUT2D eigenvalue weighted by Crippen LogP contribution is -2.39. The molecule has 0 saturated heterocycles. The number of hydrogen-bond donors (Lipinski definition) is 2. The number of imide groups is 1. The topological polar surface area (TPSA) is 73.8 Å². The maximum atomic E-state index is 12.2. The van der Waals surface area contributed by atoms with E-state index in [0.717, 1.165) is 37.6 Å². The Bertz CT molecular complexity index is 589. The number of unbranched alkanes of at least 4 members (excludes halogenated alkanes) is 1. The van der Waals surface area contributed by atoms with Crippen LogP contribution >= 0.6 is 35.7 Å². The Hall–Kier alpha value is -1.29. The van der Waals surface area contributed by atoms with Gasteiger partial charge < -0.3 is 10.6 Å². The summed E-state index contributed by atoms with van der Waals surface area (Å²) in [5.74, 6) is 1.45. The summed E-state index contributed by atoms with van der Waals surface area (Å²) in [7, 11) is 1.74. The van der Waals surface area contributed by atoms with Gasteiger partial charge in [0.25, 0.3) is 11.8 Å². The van der Waals surface area contributed by atoms with Crippen LogP contribution in [0, 0.1) is 0 Å². The third-order valence-electron chi connectivity index (χ3n) is 3.80. The number of carbonyl (C=O) groups is 2. The highest BCUT2D eigenvalue weighted by Gasteiger charge is 2.34. The largest absolute Gasteiger partial charge is 0.356 e. The fourth-order valence-electron chi connectivity index (χ4n) is 2.54. The molecule has 0 aliphatic carbocycles. The lowest BCUT2D eigenvalue weighted by molar-refractivity contribution is 0.0652. The van der Waals surface area contributed by atoms with Gasteiger partial charge in [-0.15, -0.1) is 24.0 Å². The Labute approximate surface area is 170 Å². The van der Waals surface area contributed by atoms with Crippen molar-refractivity contribution in [2.24, 2.45) is 4.99 Å². The summed E-state index contributed by atoms with van der Waals surface area (Å²) in [6, 6.07) is 6.99. The van der Waals surface area contributed by atoms with E-state index >= 15 is 0 Å². The molecule has 1 aromatic carbocycles. The monoisotopic (exact) mass is 476 g/mol. The van der Waals surface area contributed by atoms with Crippen LogP contribution in [-0.2, 0) is 0 Å². The van der Waals surface area contributed by atoms with Gasteiger partial charge in [0.1, 0.15) is 0 Å². The van der Waals surface area contributed by atoms with Crippen molar-refractivity contribution in [3.8, 4) is 0 Å². The molecule has 1 aliphatic heterocycles. The Morgan fingerprint density at radius 3 is 2.24 bits per heavy atom. The average Bonchev–Trinajstić information content (AvgIpc) is 2.85. The summed E-state index contributed by atoms with van der Waals surface area (Å²) in [6.45, 7) is 2.07. The minimum absolute atomic E-state index is 0. The van der Waals surface area contributed by atoms with E-state index in [9.17, 15) is 9.59 Å². The summed E-state index contributed by atoms with van der Waals surface area (Å²) in [5.41, 5.74) is 1.03. The number of aliphatic imine (C=N–C) groups is 1. The molecule has 0 saturated carbocycles. The number of thioether (sulfide) groups is 1. The summed E-state index contributed by atoms with van der Waals surface area (Å²) >= 11 is 1.78. The van der Waals surface area contributed by atoms with Crippen LogP contribution < -0.4 is 10.6 Å². The Morgan fingerprint density at radius 1 is 1.08 bits per heavy atom. The number of carbonyl (C=O) groups excluding carboxylic acids is 2. The number of amides is 2. The first-order valence-corrected chi connectivity index (χ1v) is 9.47. The van der Waals surface area contributed by atoms with Crippen molar-refractivity contribution >= 4 is 53.5 Å². The molecule has 1 aliphatic rings. The predicted molar refractivity (Wildman–Crippen MR) is 114 cm³/mol. The summed E-state index contributed by atoms with van der Waals surface area (Å²) in [5, 5.41) is 6.46. The SMILES string of the molecule is CN=C(NCCCCN1C(=O)c2ccccc2C1=O)NCCSC.I. The van der Waals surface area contributed by atoms with Gasteiger partial charge in [0.05, 0.1) is 11.1 Å². The maximum absolute atomic E-state index is 12.2. The molecule has 1 aromatic rings. The van der Waals surface area contributed by atoms with E-state index in [1.165, 1.54) is 4.90 Å². The second-order valence-corrected chi connectivity index (χ2v) is 6.42. The molecule has 2 rings (SSSR count). The molecule has 1 heterocycles. The molecule has 0 bridgehead atoms. The van der Waals surface area contributed by atoms with Gasteiger partial charge >= 0.3 is 0 Å². The van der Waals surface area contributed by atoms with Crippen LogP contribution in [0.2, 0.25) is 0 Å². The maximum Gasteiger partial charge on any atom is 0.261 e. The molecule has 0 spiro atoms. The van der Waals surface area contributed by atoms with Gasteiger partial charge in [0.15, 0.2) is 5.96 Å². The van der Waals surface area contributed by atoms with Crippen LogP contribution in [0.4, 0.5) is 0 Å². The Kier molecular flexibility index (Phi) is 9.88. The second-order valence-electron chi connectivity index (χ2n) is 5.43. The number of fused-ring (bicyclic) bond motifs is 1. The number of nitrogens with one attached hydrogen (secondary N) is 2. The Morgan fingerprint density at radius 2 is 1.68 bits per heavy atom. The zero-order chi connectivity index (χ0) is 17.4. The van der Waals surface area contributed by atoms with E-state index in [2.05, 4.69) is 21.9 Å². The summed E-state index contributed by atoms with van der Waals surface area (Å²) in [4.78, 5) is 30.0. The third-order valence-corrected chi connectivity index (χ3v) is 4.41. The first-order chi connectivity index (χ1) is 11.7. The minimum atomic E-state index is -0.182. The summed E-state index contributed by atoms with van der Waals surface area (Å²) in [6.07, 6.45) is 3.69. The van der Waals surface area contributed by atoms with Crippen LogP contribution in [0.5, 0.6) is 0 Å². The molecule has 2 amide bonds. The number of rotatable bonds is 8. The van der Waals surface area contributed by atoms with Crippen LogP contribution in [0.15, 0.2) is 29.3 Å². The molecule has 0 fully saturated rings. The van der Waals surface area contributed by atoms with Crippen LogP contribution in [0.1, 0.15) is 33.6 Å². The zero-order valence-electron chi connectivity index (χ0n) is 14.6. The highest BCUT2D eigenvalue weighted by atomic mass is 127. The Balaban J connectivity index is 0.00000312. The zero-order valence-corrected chi connectivity index (χ0v) is 17.7. The van der Waals surface area contributed by atoms with Crippen LogP contribution in [0.3, 0.4) is 0 Å². The minimum Gasteiger partial charge on any atom is -0.356 e. The highest BCUT2D eigenvalue weighted by molar-refractivity contribution is 14.0. The van der Waals surface area contributed by atoms with Gasteiger partial charge in [-0.1, -0.05) is 12.1 Å². The van der Waals surface area contributed by atoms with Crippen LogP contribution in [0.25, 0.3) is 0 Å². The smallest absolute Gasteiger partial charge is 0.261 e. The second kappa shape index (κ2) is 11.3. The number of benzene rings is 1. The van der Waals surface area contributed by atoms with Crippen molar-refractivity contribution < 1.29 is 9.59 Å². The predicted octanol–water partition coefficient (Wildman–Crippen LogP) is 2.21. The molecule has 0 atom stereocenters. The first-order valence-electron chi connectivity index (χ1n) is 8.07. The van der Waals surface area contributed by atoms with E-state index in [1.54, 1.807) is 43.1 Å². The van der Waals surface area contributed by atoms with Crippen molar-refractivity contribution in [3.63, 3.8) is 0 Å². The molecule has 0 radical (unpaired) electrons. The summed E-state index contributed by atoms with van der Waals surface area (Å²) < 4.78 is 0. The lowest BCUT2D eigenvalue weighted by atomic mass is 10.1. The lowest BCUT2D eigenvalue weighted by Gasteiger charge is -2.14. The van der Waals surface area contributed by atoms with Gasteiger partial charge in [-0.05, 0) is 31.2 Å². The standard InChI is InChI=1S/C17H24N4O2S.HI/c1-18-17(20-10-12-24-2)19-9-5-6-11-21-15(22)13-7-3-4-8-14(13)16(21)23;/h3-4,7-8H,5-6,9-12H2,1-2H3,(H2,18,19,20);1H. The molecule has 0 aromatic heterocycles. The molecule has 138 valence electrons. The van der Waals surface area contributed by atoms with E-state index < -0.39 is 0 Å². The first kappa shape index (κ1) is 21.8. The van der Waals surface area contributed by atoms with E-state index in [-0.39, 0.29) is 35.8 Å². The average molecular weight is 476 g/mol. The van der Waals surface area contributed by atoms with Gasteiger partial charge in [-0.2, -0.15) is 11.8 Å². The molecule has 25 heavy (non-hydrogen) atoms. The van der Waals surface area contributed by atoms with Crippen molar-refractivity contribution in [3.05, 3.63) is 35.4 Å². The normalized spacial score (nSPS) is 13.5. The molecule has 8 heteroatoms. The van der Waals surface area contributed by atoms with E-state index in [0.29, 0.717) is 17.7 Å².